The number of carbonyl (C=O) groups excluding carboxylic acids is 1. The molecule has 0 aliphatic heterocycles. The van der Waals surface area contributed by atoms with E-state index >= 15 is 0 Å². The van der Waals surface area contributed by atoms with Crippen LogP contribution in [0.4, 0.5) is 0 Å². The molecule has 0 aromatic carbocycles. The minimum Gasteiger partial charge on any atom is -0.392 e. The van der Waals surface area contributed by atoms with Gasteiger partial charge in [-0.05, 0) is 52.8 Å². The van der Waals surface area contributed by atoms with Crippen LogP contribution in [0.1, 0.15) is 34.1 Å². The first-order valence-electron chi connectivity index (χ1n) is 6.40. The third-order valence-corrected chi connectivity index (χ3v) is 5.51. The van der Waals surface area contributed by atoms with Crippen molar-refractivity contribution in [1.29, 1.82) is 0 Å². The monoisotopic (exact) mass is 274 g/mol. The molecule has 0 amide bonds. The van der Waals surface area contributed by atoms with E-state index in [-0.39, 0.29) is 18.0 Å². The van der Waals surface area contributed by atoms with Gasteiger partial charge in [-0.1, -0.05) is 6.58 Å². The quantitative estimate of drug-likeness (QED) is 0.518. The van der Waals surface area contributed by atoms with Crippen LogP contribution >= 0.6 is 0 Å². The Morgan fingerprint density at radius 1 is 1.28 bits per heavy atom. The van der Waals surface area contributed by atoms with E-state index in [1.54, 1.807) is 0 Å². The summed E-state index contributed by atoms with van der Waals surface area (Å²) >= 11 is 0. The molecule has 1 atom stereocenters. The van der Waals surface area contributed by atoms with Crippen molar-refractivity contribution >= 4 is 14.3 Å². The lowest BCUT2D eigenvalue weighted by Gasteiger charge is -2.31. The zero-order valence-electron chi connectivity index (χ0n) is 12.1. The molecule has 0 radical (unpaired) electrons. The summed E-state index contributed by atoms with van der Waals surface area (Å²) in [6.07, 6.45) is 0.657. The standard InChI is InChI=1S/C13H26O4Si/c1-7-12(14)13(15)8-9-18(6,16-10(2)3)17-11(4)5/h7,10-11,13,15H,1,8-9H2,2-6H3. The normalized spacial score (nSPS) is 14.0. The van der Waals surface area contributed by atoms with E-state index in [9.17, 15) is 9.90 Å². The zero-order chi connectivity index (χ0) is 14.3. The Hall–Kier alpha value is -0.493. The summed E-state index contributed by atoms with van der Waals surface area (Å²) in [5.41, 5.74) is 0. The highest BCUT2D eigenvalue weighted by atomic mass is 28.4. The minimum atomic E-state index is -2.34. The molecule has 0 fully saturated rings. The summed E-state index contributed by atoms with van der Waals surface area (Å²) in [6, 6.07) is 0.587. The molecule has 0 bridgehead atoms. The molecule has 1 N–H and O–H groups in total. The molecule has 0 saturated heterocycles. The van der Waals surface area contributed by atoms with E-state index in [0.717, 1.165) is 6.08 Å². The fraction of sp³-hybridized carbons (Fsp3) is 0.769. The highest BCUT2D eigenvalue weighted by Crippen LogP contribution is 2.21. The van der Waals surface area contributed by atoms with E-state index in [1.165, 1.54) is 0 Å². The van der Waals surface area contributed by atoms with Crippen molar-refractivity contribution in [2.75, 3.05) is 0 Å². The van der Waals surface area contributed by atoms with Gasteiger partial charge in [-0.15, -0.1) is 0 Å². The van der Waals surface area contributed by atoms with E-state index in [0.29, 0.717) is 12.5 Å². The smallest absolute Gasteiger partial charge is 0.335 e. The van der Waals surface area contributed by atoms with Crippen LogP contribution < -0.4 is 0 Å². The maximum absolute atomic E-state index is 11.2. The Morgan fingerprint density at radius 2 is 1.72 bits per heavy atom. The molecule has 0 aliphatic rings. The molecular formula is C13H26O4Si. The molecule has 0 aliphatic carbocycles. The highest BCUT2D eigenvalue weighted by molar-refractivity contribution is 6.66. The van der Waals surface area contributed by atoms with Gasteiger partial charge in [0.05, 0.1) is 0 Å². The fourth-order valence-corrected chi connectivity index (χ4v) is 4.90. The van der Waals surface area contributed by atoms with Crippen molar-refractivity contribution in [1.82, 2.24) is 0 Å². The lowest BCUT2D eigenvalue weighted by molar-refractivity contribution is -0.122. The third kappa shape index (κ3) is 7.06. The van der Waals surface area contributed by atoms with Gasteiger partial charge in [0.1, 0.15) is 6.10 Å². The molecule has 0 heterocycles. The summed E-state index contributed by atoms with van der Waals surface area (Å²) in [5, 5.41) is 9.64. The molecule has 0 saturated carbocycles. The Bertz CT molecular complexity index is 266. The van der Waals surface area contributed by atoms with Gasteiger partial charge in [-0.2, -0.15) is 0 Å². The topological polar surface area (TPSA) is 55.8 Å². The van der Waals surface area contributed by atoms with Crippen LogP contribution in [0.3, 0.4) is 0 Å². The van der Waals surface area contributed by atoms with Crippen molar-refractivity contribution in [3.05, 3.63) is 12.7 Å². The van der Waals surface area contributed by atoms with Crippen molar-refractivity contribution < 1.29 is 18.8 Å². The van der Waals surface area contributed by atoms with Crippen LogP contribution in [-0.4, -0.2) is 37.8 Å². The highest BCUT2D eigenvalue weighted by Gasteiger charge is 2.34. The summed E-state index contributed by atoms with van der Waals surface area (Å²) < 4.78 is 11.8. The van der Waals surface area contributed by atoms with Crippen molar-refractivity contribution in [2.45, 2.75) is 65.0 Å². The van der Waals surface area contributed by atoms with Crippen LogP contribution in [0.15, 0.2) is 12.7 Å². The van der Waals surface area contributed by atoms with Crippen LogP contribution in [0.5, 0.6) is 0 Å². The zero-order valence-corrected chi connectivity index (χ0v) is 13.1. The van der Waals surface area contributed by atoms with E-state index in [4.69, 9.17) is 8.85 Å². The van der Waals surface area contributed by atoms with Crippen molar-refractivity contribution in [3.63, 3.8) is 0 Å². The van der Waals surface area contributed by atoms with Gasteiger partial charge in [-0.3, -0.25) is 4.79 Å². The maximum Gasteiger partial charge on any atom is 0.335 e. The largest absolute Gasteiger partial charge is 0.392 e. The van der Waals surface area contributed by atoms with E-state index < -0.39 is 14.7 Å². The molecular weight excluding hydrogens is 248 g/mol. The number of hydrogen-bond donors (Lipinski definition) is 1. The summed E-state index contributed by atoms with van der Waals surface area (Å²) in [6.45, 7) is 13.2. The van der Waals surface area contributed by atoms with E-state index in [2.05, 4.69) is 6.58 Å². The summed E-state index contributed by atoms with van der Waals surface area (Å²) in [4.78, 5) is 11.2. The van der Waals surface area contributed by atoms with Gasteiger partial charge in [0.15, 0.2) is 5.78 Å². The third-order valence-electron chi connectivity index (χ3n) is 2.37. The van der Waals surface area contributed by atoms with Gasteiger partial charge < -0.3 is 14.0 Å². The Morgan fingerprint density at radius 3 is 2.06 bits per heavy atom. The average molecular weight is 274 g/mol. The Kier molecular flexibility index (Phi) is 7.62. The number of carbonyl (C=O) groups is 1. The Balaban J connectivity index is 4.49. The minimum absolute atomic E-state index is 0.0765. The van der Waals surface area contributed by atoms with Crippen molar-refractivity contribution in [3.8, 4) is 0 Å². The van der Waals surface area contributed by atoms with Gasteiger partial charge >= 0.3 is 8.56 Å². The van der Waals surface area contributed by atoms with Crippen LogP contribution in [0, 0.1) is 0 Å². The number of aliphatic hydroxyl groups excluding tert-OH is 1. The molecule has 4 nitrogen and oxygen atoms in total. The Labute approximate surface area is 111 Å². The van der Waals surface area contributed by atoms with Gasteiger partial charge in [0.25, 0.3) is 0 Å². The summed E-state index contributed by atoms with van der Waals surface area (Å²) in [7, 11) is -2.34. The van der Waals surface area contributed by atoms with Gasteiger partial charge in [0, 0.05) is 12.2 Å². The molecule has 1 unspecified atom stereocenters. The number of aliphatic hydroxyl groups is 1. The van der Waals surface area contributed by atoms with Crippen LogP contribution in [-0.2, 0) is 13.6 Å². The average Bonchev–Trinajstić information content (AvgIpc) is 2.22. The predicted octanol–water partition coefficient (Wildman–Crippen LogP) is 2.41. The second kappa shape index (κ2) is 7.84. The second-order valence-corrected chi connectivity index (χ2v) is 8.37. The van der Waals surface area contributed by atoms with Crippen molar-refractivity contribution in [2.24, 2.45) is 0 Å². The molecule has 0 spiro atoms. The molecule has 18 heavy (non-hydrogen) atoms. The predicted molar refractivity (Wildman–Crippen MR) is 74.7 cm³/mol. The van der Waals surface area contributed by atoms with Crippen LogP contribution in [0.2, 0.25) is 12.6 Å². The molecule has 0 aromatic rings. The lowest BCUT2D eigenvalue weighted by Crippen LogP contribution is -2.43. The van der Waals surface area contributed by atoms with Gasteiger partial charge in [0.2, 0.25) is 0 Å². The molecule has 5 heteroatoms. The second-order valence-electron chi connectivity index (χ2n) is 5.13. The lowest BCUT2D eigenvalue weighted by atomic mass is 10.2. The first-order chi connectivity index (χ1) is 8.20. The van der Waals surface area contributed by atoms with E-state index in [1.807, 2.05) is 34.2 Å². The van der Waals surface area contributed by atoms with Gasteiger partial charge in [-0.25, -0.2) is 0 Å². The maximum atomic E-state index is 11.2. The number of rotatable bonds is 9. The molecule has 0 rings (SSSR count). The fourth-order valence-electron chi connectivity index (χ4n) is 1.82. The molecule has 0 aromatic heterocycles. The number of hydrogen-bond acceptors (Lipinski definition) is 4. The first-order valence-corrected chi connectivity index (χ1v) is 8.92. The van der Waals surface area contributed by atoms with Crippen LogP contribution in [0.25, 0.3) is 0 Å². The molecule has 106 valence electrons. The summed E-state index contributed by atoms with van der Waals surface area (Å²) in [5.74, 6) is -0.347. The SMILES string of the molecule is C=CC(=O)C(O)CC[Si](C)(OC(C)C)OC(C)C. The number of ketones is 1. The first kappa shape index (κ1) is 17.5.